The number of benzene rings is 1. The van der Waals surface area contributed by atoms with Crippen molar-refractivity contribution < 1.29 is 4.79 Å². The van der Waals surface area contributed by atoms with Crippen molar-refractivity contribution in [3.63, 3.8) is 0 Å². The van der Waals surface area contributed by atoms with Crippen molar-refractivity contribution in [3.8, 4) is 0 Å². The zero-order chi connectivity index (χ0) is 17.5. The molecule has 2 aromatic heterocycles. The third kappa shape index (κ3) is 4.60. The Balaban J connectivity index is 1.58. The van der Waals surface area contributed by atoms with Crippen LogP contribution in [0.4, 0.5) is 11.5 Å². The van der Waals surface area contributed by atoms with Gasteiger partial charge >= 0.3 is 0 Å². The first-order valence-corrected chi connectivity index (χ1v) is 8.01. The van der Waals surface area contributed by atoms with E-state index in [2.05, 4.69) is 20.3 Å². The third-order valence-corrected chi connectivity index (χ3v) is 3.75. The second-order valence-corrected chi connectivity index (χ2v) is 5.61. The number of para-hydroxylation sites is 1. The molecule has 0 bridgehead atoms. The fraction of sp³-hybridized carbons (Fsp3) is 0.158. The second-order valence-electron chi connectivity index (χ2n) is 5.61. The van der Waals surface area contributed by atoms with Crippen LogP contribution in [0.1, 0.15) is 16.1 Å². The molecule has 6 heteroatoms. The van der Waals surface area contributed by atoms with Crippen molar-refractivity contribution in [2.24, 2.45) is 0 Å². The van der Waals surface area contributed by atoms with Crippen molar-refractivity contribution in [2.75, 3.05) is 18.9 Å². The number of rotatable bonds is 6. The Kier molecular flexibility index (Phi) is 5.31. The summed E-state index contributed by atoms with van der Waals surface area (Å²) in [6.45, 7) is 0.606. The van der Waals surface area contributed by atoms with E-state index in [4.69, 9.17) is 0 Å². The highest BCUT2D eigenvalue weighted by Gasteiger charge is 2.13. The summed E-state index contributed by atoms with van der Waals surface area (Å²) >= 11 is 0. The van der Waals surface area contributed by atoms with E-state index in [1.54, 1.807) is 30.5 Å². The average molecular weight is 333 g/mol. The summed E-state index contributed by atoms with van der Waals surface area (Å²) in [6.07, 6.45) is 7.33. The van der Waals surface area contributed by atoms with Gasteiger partial charge in [0, 0.05) is 31.7 Å². The molecular formula is C19H19N5O. The summed E-state index contributed by atoms with van der Waals surface area (Å²) in [4.78, 5) is 26.6. The molecule has 3 aromatic rings. The van der Waals surface area contributed by atoms with Gasteiger partial charge in [0.1, 0.15) is 11.5 Å². The van der Waals surface area contributed by atoms with Crippen LogP contribution < -0.4 is 5.32 Å². The van der Waals surface area contributed by atoms with E-state index in [0.717, 1.165) is 17.7 Å². The molecule has 0 spiro atoms. The lowest BCUT2D eigenvalue weighted by Crippen LogP contribution is -2.29. The highest BCUT2D eigenvalue weighted by atomic mass is 16.2. The van der Waals surface area contributed by atoms with Gasteiger partial charge in [-0.2, -0.15) is 0 Å². The van der Waals surface area contributed by atoms with Crippen molar-refractivity contribution in [3.05, 3.63) is 78.5 Å². The first kappa shape index (κ1) is 16.6. The van der Waals surface area contributed by atoms with Gasteiger partial charge in [0.15, 0.2) is 0 Å². The van der Waals surface area contributed by atoms with E-state index in [-0.39, 0.29) is 5.91 Å². The van der Waals surface area contributed by atoms with E-state index < -0.39 is 0 Å². The first-order chi connectivity index (χ1) is 12.2. The minimum atomic E-state index is -0.146. The Morgan fingerprint density at radius 2 is 1.80 bits per heavy atom. The normalized spacial score (nSPS) is 10.3. The average Bonchev–Trinajstić information content (AvgIpc) is 2.68. The third-order valence-electron chi connectivity index (χ3n) is 3.75. The number of anilines is 2. The molecular weight excluding hydrogens is 314 g/mol. The predicted octanol–water partition coefficient (Wildman–Crippen LogP) is 2.93. The van der Waals surface area contributed by atoms with Crippen LogP contribution in [0, 0.1) is 0 Å². The molecule has 0 saturated carbocycles. The monoisotopic (exact) mass is 333 g/mol. The number of nitrogens with one attached hydrogen (secondary N) is 1. The Hall–Kier alpha value is -3.28. The number of pyridine rings is 1. The Morgan fingerprint density at radius 1 is 1.04 bits per heavy atom. The molecule has 0 aliphatic heterocycles. The maximum Gasteiger partial charge on any atom is 0.273 e. The Labute approximate surface area is 146 Å². The zero-order valence-electron chi connectivity index (χ0n) is 14.0. The molecule has 2 heterocycles. The lowest BCUT2D eigenvalue weighted by atomic mass is 10.2. The molecule has 1 amide bonds. The maximum absolute atomic E-state index is 12.4. The summed E-state index contributed by atoms with van der Waals surface area (Å²) < 4.78 is 0. The van der Waals surface area contributed by atoms with Crippen LogP contribution in [-0.4, -0.2) is 39.4 Å². The number of carbonyl (C=O) groups excluding carboxylic acids is 1. The number of amides is 1. The molecule has 1 aromatic carbocycles. The summed E-state index contributed by atoms with van der Waals surface area (Å²) in [7, 11) is 1.77. The highest BCUT2D eigenvalue weighted by Crippen LogP contribution is 2.13. The van der Waals surface area contributed by atoms with Gasteiger partial charge in [-0.25, -0.2) is 9.97 Å². The smallest absolute Gasteiger partial charge is 0.273 e. The van der Waals surface area contributed by atoms with E-state index >= 15 is 0 Å². The lowest BCUT2D eigenvalue weighted by Gasteiger charge is -2.16. The summed E-state index contributed by atoms with van der Waals surface area (Å²) in [5, 5.41) is 3.14. The van der Waals surface area contributed by atoms with Gasteiger partial charge in [-0.15, -0.1) is 0 Å². The highest BCUT2D eigenvalue weighted by molar-refractivity contribution is 5.91. The van der Waals surface area contributed by atoms with Gasteiger partial charge in [-0.3, -0.25) is 9.78 Å². The molecule has 0 atom stereocenters. The summed E-state index contributed by atoms with van der Waals surface area (Å²) in [5.74, 6) is 0.454. The van der Waals surface area contributed by atoms with Crippen molar-refractivity contribution in [2.45, 2.75) is 6.42 Å². The molecule has 126 valence electrons. The van der Waals surface area contributed by atoms with Gasteiger partial charge in [0.05, 0.1) is 12.4 Å². The molecule has 0 aliphatic carbocycles. The molecule has 0 unspecified atom stereocenters. The number of likely N-dealkylation sites (N-methyl/N-ethyl adjacent to an activating group) is 1. The molecule has 0 radical (unpaired) electrons. The lowest BCUT2D eigenvalue weighted by molar-refractivity contribution is 0.0790. The van der Waals surface area contributed by atoms with Gasteiger partial charge in [-0.05, 0) is 36.2 Å². The van der Waals surface area contributed by atoms with E-state index in [1.165, 1.54) is 6.20 Å². The van der Waals surface area contributed by atoms with Crippen molar-refractivity contribution in [1.82, 2.24) is 19.9 Å². The second kappa shape index (κ2) is 8.01. The molecule has 6 nitrogen and oxygen atoms in total. The van der Waals surface area contributed by atoms with Crippen LogP contribution in [0.15, 0.2) is 67.3 Å². The van der Waals surface area contributed by atoms with E-state index in [0.29, 0.717) is 18.1 Å². The fourth-order valence-corrected chi connectivity index (χ4v) is 2.32. The van der Waals surface area contributed by atoms with Crippen LogP contribution in [0.25, 0.3) is 0 Å². The minimum Gasteiger partial charge on any atom is -0.340 e. The Morgan fingerprint density at radius 3 is 2.48 bits per heavy atom. The number of aromatic nitrogens is 3. The van der Waals surface area contributed by atoms with Gasteiger partial charge in [0.2, 0.25) is 0 Å². The summed E-state index contributed by atoms with van der Waals surface area (Å²) in [5.41, 5.74) is 2.39. The molecule has 1 N–H and O–H groups in total. The van der Waals surface area contributed by atoms with Crippen LogP contribution in [-0.2, 0) is 6.42 Å². The summed E-state index contributed by atoms with van der Waals surface area (Å²) in [6, 6.07) is 13.6. The van der Waals surface area contributed by atoms with E-state index in [9.17, 15) is 4.79 Å². The first-order valence-electron chi connectivity index (χ1n) is 8.01. The molecule has 3 rings (SSSR count). The van der Waals surface area contributed by atoms with Crippen molar-refractivity contribution in [1.29, 1.82) is 0 Å². The SMILES string of the molecule is CN(CCc1ccncc1)C(=O)c1cnc(Nc2ccccc2)cn1. The van der Waals surface area contributed by atoms with Crippen LogP contribution in [0.5, 0.6) is 0 Å². The van der Waals surface area contributed by atoms with Crippen LogP contribution in [0.3, 0.4) is 0 Å². The zero-order valence-corrected chi connectivity index (χ0v) is 14.0. The number of hydrogen-bond acceptors (Lipinski definition) is 5. The van der Waals surface area contributed by atoms with E-state index in [1.807, 2.05) is 42.5 Å². The molecule has 0 saturated heterocycles. The van der Waals surface area contributed by atoms with Crippen LogP contribution in [0.2, 0.25) is 0 Å². The largest absolute Gasteiger partial charge is 0.340 e. The fourth-order valence-electron chi connectivity index (χ4n) is 2.32. The predicted molar refractivity (Wildman–Crippen MR) is 96.7 cm³/mol. The molecule has 0 fully saturated rings. The molecule has 25 heavy (non-hydrogen) atoms. The standard InChI is InChI=1S/C19H19N5O/c1-24(12-9-15-7-10-20-11-8-15)19(25)17-13-22-18(14-21-17)23-16-5-3-2-4-6-16/h2-8,10-11,13-14H,9,12H2,1H3,(H,22,23). The minimum absolute atomic E-state index is 0.146. The number of nitrogens with zero attached hydrogens (tertiary/aromatic N) is 4. The molecule has 0 aliphatic rings. The van der Waals surface area contributed by atoms with Gasteiger partial charge in [0.25, 0.3) is 5.91 Å². The quantitative estimate of drug-likeness (QED) is 0.751. The van der Waals surface area contributed by atoms with Gasteiger partial charge < -0.3 is 10.2 Å². The van der Waals surface area contributed by atoms with Crippen LogP contribution >= 0.6 is 0 Å². The number of carbonyl (C=O) groups is 1. The topological polar surface area (TPSA) is 71.0 Å². The maximum atomic E-state index is 12.4. The van der Waals surface area contributed by atoms with Gasteiger partial charge in [-0.1, -0.05) is 18.2 Å². The Bertz CT molecular complexity index is 806. The van der Waals surface area contributed by atoms with Crippen molar-refractivity contribution >= 4 is 17.4 Å². The number of hydrogen-bond donors (Lipinski definition) is 1.